The number of ether oxygens (including phenoxy) is 5. The number of hydrogen-bond acceptors (Lipinski definition) is 10. The molecule has 11 nitrogen and oxygen atoms in total. The molecule has 0 spiro atoms. The Morgan fingerprint density at radius 3 is 2.05 bits per heavy atom. The molecule has 1 saturated heterocycles. The van der Waals surface area contributed by atoms with E-state index >= 15 is 0 Å². The number of piperazine rings is 1. The number of nitrogens with zero attached hydrogens (tertiary/aromatic N) is 3. The van der Waals surface area contributed by atoms with Gasteiger partial charge < -0.3 is 43.5 Å². The quantitative estimate of drug-likeness (QED) is 0.407. The van der Waals surface area contributed by atoms with E-state index in [1.165, 1.54) is 40.2 Å². The molecule has 0 unspecified atom stereocenters. The summed E-state index contributed by atoms with van der Waals surface area (Å²) in [5.74, 6) is 1.34. The summed E-state index contributed by atoms with van der Waals surface area (Å²) in [5, 5.41) is 10.3. The Morgan fingerprint density at radius 1 is 0.925 bits per heavy atom. The van der Waals surface area contributed by atoms with Gasteiger partial charge in [-0.25, -0.2) is 4.79 Å². The SMILES string of the molecule is CCOC(=O)N1CCN(C(=S)SCC(=O)N(Cc2ccc(OC)c(O)c2)c2cc(OC)c(OC)c(OC)c2)CC1. The van der Waals surface area contributed by atoms with Crippen molar-refractivity contribution in [1.29, 1.82) is 0 Å². The van der Waals surface area contributed by atoms with Crippen LogP contribution in [0.25, 0.3) is 0 Å². The van der Waals surface area contributed by atoms with Gasteiger partial charge in [-0.1, -0.05) is 30.0 Å². The minimum absolute atomic E-state index is 0.0326. The summed E-state index contributed by atoms with van der Waals surface area (Å²) in [6, 6.07) is 8.36. The Bertz CT molecular complexity index is 1180. The first-order chi connectivity index (χ1) is 19.3. The Hall–Kier alpha value is -3.58. The number of rotatable bonds is 10. The van der Waals surface area contributed by atoms with Crippen LogP contribution in [-0.4, -0.2) is 98.2 Å². The summed E-state index contributed by atoms with van der Waals surface area (Å²) >= 11 is 6.87. The number of phenolic OH excluding ortho intramolecular Hbond substituents is 1. The van der Waals surface area contributed by atoms with Crippen molar-refractivity contribution in [2.24, 2.45) is 0 Å². The maximum Gasteiger partial charge on any atom is 0.409 e. The lowest BCUT2D eigenvalue weighted by atomic mass is 10.1. The second-order valence-electron chi connectivity index (χ2n) is 8.60. The van der Waals surface area contributed by atoms with Gasteiger partial charge in [0.1, 0.15) is 4.32 Å². The molecule has 1 heterocycles. The van der Waals surface area contributed by atoms with Gasteiger partial charge in [0.15, 0.2) is 23.0 Å². The van der Waals surface area contributed by atoms with Gasteiger partial charge in [-0.2, -0.15) is 0 Å². The molecular formula is C27H35N3O8S2. The standard InChI is InChI=1S/C27H35N3O8S2/c1-6-38-26(33)28-9-11-29(12-10-28)27(39)40-17-24(32)30(16-18-7-8-21(34-2)20(31)13-18)19-14-22(35-3)25(37-5)23(15-19)36-4/h7-8,13-15,31H,6,9-12,16-17H2,1-5H3. The van der Waals surface area contributed by atoms with Crippen molar-refractivity contribution in [3.63, 3.8) is 0 Å². The predicted octanol–water partition coefficient (Wildman–Crippen LogP) is 3.75. The zero-order valence-electron chi connectivity index (χ0n) is 23.3. The lowest BCUT2D eigenvalue weighted by molar-refractivity contribution is -0.116. The average Bonchev–Trinajstić information content (AvgIpc) is 2.97. The fourth-order valence-corrected chi connectivity index (χ4v) is 5.27. The molecule has 0 aromatic heterocycles. The molecule has 1 aliphatic rings. The molecule has 0 saturated carbocycles. The van der Waals surface area contributed by atoms with Gasteiger partial charge >= 0.3 is 6.09 Å². The van der Waals surface area contributed by atoms with Crippen LogP contribution in [0.1, 0.15) is 12.5 Å². The molecule has 0 radical (unpaired) electrons. The monoisotopic (exact) mass is 593 g/mol. The molecular weight excluding hydrogens is 558 g/mol. The van der Waals surface area contributed by atoms with Crippen LogP contribution < -0.4 is 23.8 Å². The summed E-state index contributed by atoms with van der Waals surface area (Å²) in [4.78, 5) is 30.9. The summed E-state index contributed by atoms with van der Waals surface area (Å²) in [6.07, 6.45) is -0.332. The zero-order chi connectivity index (χ0) is 29.2. The highest BCUT2D eigenvalue weighted by Gasteiger charge is 2.26. The van der Waals surface area contributed by atoms with Crippen LogP contribution >= 0.6 is 24.0 Å². The third-order valence-electron chi connectivity index (χ3n) is 6.23. The smallest absolute Gasteiger partial charge is 0.409 e. The predicted molar refractivity (Wildman–Crippen MR) is 157 cm³/mol. The van der Waals surface area contributed by atoms with Crippen molar-refractivity contribution >= 4 is 46.0 Å². The van der Waals surface area contributed by atoms with Crippen molar-refractivity contribution < 1.29 is 38.4 Å². The molecule has 3 rings (SSSR count). The first-order valence-corrected chi connectivity index (χ1v) is 13.9. The van der Waals surface area contributed by atoms with Crippen LogP contribution in [0.3, 0.4) is 0 Å². The Labute approximate surface area is 243 Å². The van der Waals surface area contributed by atoms with Gasteiger partial charge in [-0.3, -0.25) is 4.79 Å². The van der Waals surface area contributed by atoms with Gasteiger partial charge in [0.05, 0.1) is 53.0 Å². The molecule has 2 aromatic rings. The van der Waals surface area contributed by atoms with Gasteiger partial charge in [-0.15, -0.1) is 0 Å². The van der Waals surface area contributed by atoms with E-state index in [0.717, 1.165) is 0 Å². The number of benzene rings is 2. The maximum absolute atomic E-state index is 13.7. The van der Waals surface area contributed by atoms with E-state index < -0.39 is 0 Å². The zero-order valence-corrected chi connectivity index (χ0v) is 24.9. The van der Waals surface area contributed by atoms with Gasteiger partial charge in [-0.05, 0) is 24.6 Å². The van der Waals surface area contributed by atoms with Gasteiger partial charge in [0.25, 0.3) is 0 Å². The number of thioether (sulfide) groups is 1. The van der Waals surface area contributed by atoms with Crippen LogP contribution in [-0.2, 0) is 16.1 Å². The van der Waals surface area contributed by atoms with Crippen LogP contribution in [0.4, 0.5) is 10.5 Å². The van der Waals surface area contributed by atoms with Gasteiger partial charge in [0.2, 0.25) is 11.7 Å². The number of phenols is 1. The molecule has 218 valence electrons. The summed E-state index contributed by atoms with van der Waals surface area (Å²) in [6.45, 7) is 4.35. The van der Waals surface area contributed by atoms with Crippen molar-refractivity contribution in [3.8, 4) is 28.7 Å². The number of aromatic hydroxyl groups is 1. The number of carbonyl (C=O) groups excluding carboxylic acids is 2. The van der Waals surface area contributed by atoms with Gasteiger partial charge in [0, 0.05) is 38.3 Å². The Balaban J connectivity index is 1.79. The van der Waals surface area contributed by atoms with E-state index in [4.69, 9.17) is 35.9 Å². The molecule has 1 aliphatic heterocycles. The van der Waals surface area contributed by atoms with E-state index in [2.05, 4.69) is 0 Å². The summed E-state index contributed by atoms with van der Waals surface area (Å²) in [5.41, 5.74) is 1.20. The highest BCUT2D eigenvalue weighted by Crippen LogP contribution is 2.41. The third kappa shape index (κ3) is 7.54. The largest absolute Gasteiger partial charge is 0.504 e. The Morgan fingerprint density at radius 2 is 1.52 bits per heavy atom. The number of hydrogen-bond donors (Lipinski definition) is 1. The van der Waals surface area contributed by atoms with Crippen molar-refractivity contribution in [3.05, 3.63) is 35.9 Å². The highest BCUT2D eigenvalue weighted by atomic mass is 32.2. The molecule has 2 aromatic carbocycles. The van der Waals surface area contributed by atoms with E-state index in [1.807, 2.05) is 4.90 Å². The molecule has 0 bridgehead atoms. The number of anilines is 1. The third-order valence-corrected chi connectivity index (χ3v) is 7.74. The lowest BCUT2D eigenvalue weighted by Crippen LogP contribution is -2.50. The average molecular weight is 594 g/mol. The van der Waals surface area contributed by atoms with E-state index in [1.54, 1.807) is 47.1 Å². The van der Waals surface area contributed by atoms with E-state index in [-0.39, 0.29) is 30.0 Å². The second kappa shape index (κ2) is 14.7. The molecule has 2 amide bonds. The molecule has 13 heteroatoms. The molecule has 0 aliphatic carbocycles. The normalized spacial score (nSPS) is 12.9. The fraction of sp³-hybridized carbons (Fsp3) is 0.444. The van der Waals surface area contributed by atoms with Crippen molar-refractivity contribution in [2.75, 3.05) is 71.9 Å². The number of carbonyl (C=O) groups is 2. The Kier molecular flexibility index (Phi) is 11.4. The second-order valence-corrected chi connectivity index (χ2v) is 10.2. The summed E-state index contributed by atoms with van der Waals surface area (Å²) < 4.78 is 27.2. The van der Waals surface area contributed by atoms with Crippen LogP contribution in [0.15, 0.2) is 30.3 Å². The topological polar surface area (TPSA) is 110 Å². The fourth-order valence-electron chi connectivity index (χ4n) is 4.14. The van der Waals surface area contributed by atoms with Crippen molar-refractivity contribution in [1.82, 2.24) is 9.80 Å². The summed E-state index contributed by atoms with van der Waals surface area (Å²) in [7, 11) is 5.99. The van der Waals surface area contributed by atoms with Crippen LogP contribution in [0.5, 0.6) is 28.7 Å². The highest BCUT2D eigenvalue weighted by molar-refractivity contribution is 8.23. The van der Waals surface area contributed by atoms with Crippen LogP contribution in [0.2, 0.25) is 0 Å². The van der Waals surface area contributed by atoms with E-state index in [0.29, 0.717) is 71.4 Å². The van der Waals surface area contributed by atoms with Crippen molar-refractivity contribution in [2.45, 2.75) is 13.5 Å². The number of methoxy groups -OCH3 is 4. The molecule has 0 atom stereocenters. The van der Waals surface area contributed by atoms with Crippen LogP contribution in [0, 0.1) is 0 Å². The molecule has 40 heavy (non-hydrogen) atoms. The first-order valence-electron chi connectivity index (χ1n) is 12.6. The first kappa shape index (κ1) is 31.0. The number of thiocarbonyl (C=S) groups is 1. The minimum Gasteiger partial charge on any atom is -0.504 e. The minimum atomic E-state index is -0.332. The maximum atomic E-state index is 13.7. The molecule has 1 fully saturated rings. The van der Waals surface area contributed by atoms with E-state index in [9.17, 15) is 14.7 Å². The lowest BCUT2D eigenvalue weighted by Gasteiger charge is -2.35. The number of amides is 2. The molecule has 1 N–H and O–H groups in total.